The molecule has 0 amide bonds. The Balaban J connectivity index is 0.00000301. The maximum Gasteiger partial charge on any atom is 0.344 e. The average Bonchev–Trinajstić information content (AvgIpc) is 2.93. The predicted octanol–water partition coefficient (Wildman–Crippen LogP) is 2.70. The van der Waals surface area contributed by atoms with E-state index in [1.54, 1.807) is 50.2 Å². The summed E-state index contributed by atoms with van der Waals surface area (Å²) in [4.78, 5) is 11.8. The second-order valence-corrected chi connectivity index (χ2v) is 12.8. The van der Waals surface area contributed by atoms with Crippen LogP contribution >= 0.6 is 0 Å². The average molecular weight is 622 g/mol. The monoisotopic (exact) mass is 621 g/mol. The fourth-order valence-corrected chi connectivity index (χ4v) is 5.89. The van der Waals surface area contributed by atoms with Gasteiger partial charge >= 0.3 is 5.97 Å². The van der Waals surface area contributed by atoms with Crippen LogP contribution in [0.5, 0.6) is 11.5 Å². The molecule has 5 N–H and O–H groups in total. The maximum atomic E-state index is 12.8. The number of nitrogens with two attached hydrogens (primary N) is 1. The first-order valence-corrected chi connectivity index (χ1v) is 16.0. The summed E-state index contributed by atoms with van der Waals surface area (Å²) in [6.07, 6.45) is 1.91. The Morgan fingerprint density at radius 1 is 1.02 bits per heavy atom. The molecule has 0 aliphatic rings. The van der Waals surface area contributed by atoms with E-state index in [0.29, 0.717) is 16.7 Å². The molecule has 0 atom stereocenters. The smallest absolute Gasteiger partial charge is 0.344 e. The Kier molecular flexibility index (Phi) is 12.5. The van der Waals surface area contributed by atoms with E-state index < -0.39 is 43.1 Å². The summed E-state index contributed by atoms with van der Waals surface area (Å²) in [6, 6.07) is 15.1. The number of hydrogen-bond acceptors (Lipinski definition) is 11. The molecule has 0 radical (unpaired) electrons. The fraction of sp³-hybridized carbons (Fsp3) is 0.286. The van der Waals surface area contributed by atoms with Gasteiger partial charge in [-0.2, -0.15) is 0 Å². The minimum atomic E-state index is -4.15. The van der Waals surface area contributed by atoms with E-state index in [-0.39, 0.29) is 35.3 Å². The van der Waals surface area contributed by atoms with E-state index in [2.05, 4.69) is 15.6 Å². The number of sulfonamides is 1. The van der Waals surface area contributed by atoms with Gasteiger partial charge in [-0.25, -0.2) is 26.4 Å². The van der Waals surface area contributed by atoms with E-state index in [9.17, 15) is 26.7 Å². The first-order valence-electron chi connectivity index (χ1n) is 12.6. The Morgan fingerprint density at radius 3 is 2.36 bits per heavy atom. The molecule has 0 aromatic heterocycles. The molecule has 0 spiro atoms. The van der Waals surface area contributed by atoms with E-state index in [1.165, 1.54) is 25.2 Å². The number of esters is 1. The number of nitrogens with zero attached hydrogens (tertiary/aromatic N) is 1. The summed E-state index contributed by atoms with van der Waals surface area (Å²) in [5, 5.41) is 21.6. The van der Waals surface area contributed by atoms with Crippen LogP contribution in [0.3, 0.4) is 0 Å². The number of ether oxygens (including phenoxy) is 2. The van der Waals surface area contributed by atoms with Crippen LogP contribution in [0.2, 0.25) is 0 Å². The molecule has 0 saturated carbocycles. The minimum Gasteiger partial charge on any atom is -0.507 e. The third-order valence-electron chi connectivity index (χ3n) is 5.54. The second kappa shape index (κ2) is 15.3. The van der Waals surface area contributed by atoms with Gasteiger partial charge in [0.15, 0.2) is 16.4 Å². The summed E-state index contributed by atoms with van der Waals surface area (Å²) < 4.78 is 63.6. The molecule has 42 heavy (non-hydrogen) atoms. The maximum absolute atomic E-state index is 12.8. The molecule has 0 aliphatic heterocycles. The van der Waals surface area contributed by atoms with Gasteiger partial charge in [0.1, 0.15) is 16.4 Å². The van der Waals surface area contributed by atoms with Gasteiger partial charge in [0, 0.05) is 18.4 Å². The van der Waals surface area contributed by atoms with Crippen molar-refractivity contribution in [3.05, 3.63) is 71.8 Å². The standard InChI is InChI=1S/C27H30N2O9S2.CH5N/c1-18(2)38-27(31)17-37-24-15-21(22-6-4-5-7-25(22)39(3,33)34)10-9-20(24)12-13-29-40(35,36)26-14-19(16-28-32)8-11-23(26)30;1-2/h4-11,14-16,18,29-30,32H,12-13,17H2,1-3H3;2H2,1H3/b28-16-;. The number of hydrogen-bond donors (Lipinski definition) is 4. The highest BCUT2D eigenvalue weighted by atomic mass is 32.2. The zero-order chi connectivity index (χ0) is 31.5. The highest BCUT2D eigenvalue weighted by molar-refractivity contribution is 7.91. The summed E-state index contributed by atoms with van der Waals surface area (Å²) in [5.74, 6) is -0.848. The van der Waals surface area contributed by atoms with E-state index in [0.717, 1.165) is 18.5 Å². The van der Waals surface area contributed by atoms with Crippen LogP contribution in [0.4, 0.5) is 0 Å². The molecule has 0 heterocycles. The molecule has 0 saturated heterocycles. The number of phenolic OH excluding ortho intramolecular Hbond substituents is 1. The van der Waals surface area contributed by atoms with E-state index >= 15 is 0 Å². The largest absolute Gasteiger partial charge is 0.507 e. The van der Waals surface area contributed by atoms with Crippen LogP contribution in [-0.4, -0.2) is 71.9 Å². The number of oxime groups is 1. The van der Waals surface area contributed by atoms with Gasteiger partial charge < -0.3 is 25.5 Å². The molecule has 0 unspecified atom stereocenters. The summed E-state index contributed by atoms with van der Waals surface area (Å²) in [6.45, 7) is 2.87. The Morgan fingerprint density at radius 2 is 1.71 bits per heavy atom. The number of nitrogens with one attached hydrogen (secondary N) is 1. The van der Waals surface area contributed by atoms with Crippen LogP contribution < -0.4 is 15.2 Å². The van der Waals surface area contributed by atoms with Gasteiger partial charge in [-0.05, 0) is 74.3 Å². The molecular formula is C28H35N3O9S2. The first-order chi connectivity index (χ1) is 19.8. The van der Waals surface area contributed by atoms with Gasteiger partial charge in [-0.1, -0.05) is 35.5 Å². The van der Waals surface area contributed by atoms with Crippen molar-refractivity contribution < 1.29 is 41.4 Å². The van der Waals surface area contributed by atoms with Gasteiger partial charge in [-0.3, -0.25) is 0 Å². The van der Waals surface area contributed by atoms with Crippen LogP contribution in [-0.2, 0) is 35.8 Å². The molecule has 0 fully saturated rings. The lowest BCUT2D eigenvalue weighted by molar-refractivity contribution is -0.149. The van der Waals surface area contributed by atoms with Crippen molar-refractivity contribution in [3.8, 4) is 22.6 Å². The van der Waals surface area contributed by atoms with E-state index in [1.807, 2.05) is 0 Å². The lowest BCUT2D eigenvalue weighted by Gasteiger charge is -2.16. The van der Waals surface area contributed by atoms with Crippen LogP contribution in [0.15, 0.2) is 75.6 Å². The number of sulfone groups is 1. The van der Waals surface area contributed by atoms with Crippen LogP contribution in [0.1, 0.15) is 25.0 Å². The minimum absolute atomic E-state index is 0.105. The normalized spacial score (nSPS) is 11.7. The van der Waals surface area contributed by atoms with Gasteiger partial charge in [0.25, 0.3) is 0 Å². The Hall–Kier alpha value is -3.98. The fourth-order valence-electron chi connectivity index (χ4n) is 3.82. The lowest BCUT2D eigenvalue weighted by Crippen LogP contribution is -2.26. The van der Waals surface area contributed by atoms with Gasteiger partial charge in [-0.15, -0.1) is 0 Å². The quantitative estimate of drug-likeness (QED) is 0.101. The molecule has 228 valence electrons. The molecule has 14 heteroatoms. The zero-order valence-corrected chi connectivity index (χ0v) is 25.3. The number of carbonyl (C=O) groups excluding carboxylic acids is 1. The summed E-state index contributed by atoms with van der Waals surface area (Å²) >= 11 is 0. The lowest BCUT2D eigenvalue weighted by atomic mass is 10.0. The Bertz CT molecular complexity index is 1620. The zero-order valence-electron chi connectivity index (χ0n) is 23.6. The number of carbonyl (C=O) groups is 1. The second-order valence-electron chi connectivity index (χ2n) is 9.04. The van der Waals surface area contributed by atoms with Crippen molar-refractivity contribution >= 4 is 32.0 Å². The van der Waals surface area contributed by atoms with Crippen molar-refractivity contribution in [1.29, 1.82) is 0 Å². The van der Waals surface area contributed by atoms with Gasteiger partial charge in [0.2, 0.25) is 10.0 Å². The SMILES string of the molecule is CC(C)OC(=O)COc1cc(-c2ccccc2S(C)(=O)=O)ccc1CCNS(=O)(=O)c1cc(/C=N\O)ccc1O.CN. The molecular weight excluding hydrogens is 586 g/mol. The van der Waals surface area contributed by atoms with Crippen LogP contribution in [0.25, 0.3) is 11.1 Å². The number of aromatic hydroxyl groups is 1. The molecule has 0 aliphatic carbocycles. The van der Waals surface area contributed by atoms with Crippen molar-refractivity contribution in [3.63, 3.8) is 0 Å². The topological polar surface area (TPSA) is 195 Å². The van der Waals surface area contributed by atoms with Crippen molar-refractivity contribution in [2.45, 2.75) is 36.2 Å². The number of rotatable bonds is 12. The predicted molar refractivity (Wildman–Crippen MR) is 158 cm³/mol. The van der Waals surface area contributed by atoms with Crippen LogP contribution in [0, 0.1) is 0 Å². The first kappa shape index (κ1) is 34.2. The highest BCUT2D eigenvalue weighted by Crippen LogP contribution is 2.32. The third kappa shape index (κ3) is 9.55. The molecule has 0 bridgehead atoms. The number of phenols is 1. The highest BCUT2D eigenvalue weighted by Gasteiger charge is 2.20. The van der Waals surface area contributed by atoms with Crippen molar-refractivity contribution in [2.24, 2.45) is 10.9 Å². The Labute approximate surface area is 245 Å². The third-order valence-corrected chi connectivity index (χ3v) is 8.19. The van der Waals surface area contributed by atoms with Crippen molar-refractivity contribution in [2.75, 3.05) is 26.5 Å². The molecule has 3 aromatic rings. The number of benzene rings is 3. The summed E-state index contributed by atoms with van der Waals surface area (Å²) in [5.41, 5.74) is 6.25. The van der Waals surface area contributed by atoms with Gasteiger partial charge in [0.05, 0.1) is 17.2 Å². The molecule has 3 aromatic carbocycles. The molecule has 3 rings (SSSR count). The summed E-state index contributed by atoms with van der Waals surface area (Å²) in [7, 11) is -6.20. The van der Waals surface area contributed by atoms with Crippen molar-refractivity contribution in [1.82, 2.24) is 4.72 Å². The van der Waals surface area contributed by atoms with E-state index in [4.69, 9.17) is 14.7 Å². The molecule has 12 nitrogen and oxygen atoms in total.